The standard InChI is InChI=1S/2C14H21NO6.2C8H17NO4.C4H11NO2.2C4H6O2.C3H4O2/c2*1-4-12(16)20-10-8-15(7-6-14(18)19-3)9-11-21-13(17)5-2;2*1-13-8(12)2-3-9(4-6-10)5-7-11;6-3-1-5-2-4-7;2*1-3-4(5)6-2;1-2-3(4)5/h2*4-5H,1-2,6-11H2,3H3;2*10-11H,2-7H2,1H3;5-7H,1-4H2;2*3H,1H2,2H3;2H,1H2,(H,4,5). The Kier molecular flexibility index (Phi) is 88.0. The number of carboxylic acid groups (broad SMARTS) is 1. The summed E-state index contributed by atoms with van der Waals surface area (Å²) in [5.41, 5.74) is 0. The predicted octanol–water partition coefficient (Wildman–Crippen LogP) is -2.20. The minimum absolute atomic E-state index is 0.0289. The lowest BCUT2D eigenvalue weighted by molar-refractivity contribution is -0.142. The normalized spacial score (nSPS) is 9.39. The molecule has 0 saturated carbocycles. The number of nitrogens with zero attached hydrogens (tertiary/aromatic N) is 4. The van der Waals surface area contributed by atoms with E-state index in [2.05, 4.69) is 79.8 Å². The number of ether oxygens (including phenoxy) is 10. The van der Waals surface area contributed by atoms with Gasteiger partial charge in [-0.15, -0.1) is 0 Å². The highest BCUT2D eigenvalue weighted by Crippen LogP contribution is 1.99. The first-order chi connectivity index (χ1) is 43.8. The third-order valence-corrected chi connectivity index (χ3v) is 9.87. The molecule has 0 fully saturated rings. The van der Waals surface area contributed by atoms with Gasteiger partial charge >= 0.3 is 65.7 Å². The molecule has 92 heavy (non-hydrogen) atoms. The summed E-state index contributed by atoms with van der Waals surface area (Å²) in [7, 11) is 7.92. The molecule has 0 aliphatic heterocycles. The second kappa shape index (κ2) is 80.9. The summed E-state index contributed by atoms with van der Waals surface area (Å²) in [6.45, 7) is 29.9. The van der Waals surface area contributed by atoms with Crippen LogP contribution >= 0.6 is 0 Å². The van der Waals surface area contributed by atoms with Crippen LogP contribution in [0.15, 0.2) is 88.6 Å². The van der Waals surface area contributed by atoms with Crippen molar-refractivity contribution in [3.05, 3.63) is 88.6 Å². The number of aliphatic hydroxyl groups excluding tert-OH is 6. The third-order valence-electron chi connectivity index (χ3n) is 9.87. The first-order valence-corrected chi connectivity index (χ1v) is 27.8. The van der Waals surface area contributed by atoms with Crippen LogP contribution in [-0.4, -0.2) is 321 Å². The average molecular weight is 1330 g/mol. The highest BCUT2D eigenvalue weighted by molar-refractivity contribution is 5.83. The van der Waals surface area contributed by atoms with Crippen molar-refractivity contribution in [3.63, 3.8) is 0 Å². The summed E-state index contributed by atoms with van der Waals surface area (Å²) in [6.07, 6.45) is 8.32. The van der Waals surface area contributed by atoms with Crippen LogP contribution in [0.25, 0.3) is 0 Å². The molecule has 0 aromatic heterocycles. The maximum absolute atomic E-state index is 11.1. The average Bonchev–Trinajstić information content (AvgIpc) is 3.74. The van der Waals surface area contributed by atoms with Crippen molar-refractivity contribution in [3.8, 4) is 0 Å². The molecule has 0 aromatic carbocycles. The van der Waals surface area contributed by atoms with Crippen molar-refractivity contribution < 1.29 is 136 Å². The lowest BCUT2D eigenvalue weighted by Crippen LogP contribution is -2.34. The fourth-order valence-electron chi connectivity index (χ4n) is 5.10. The van der Waals surface area contributed by atoms with E-state index in [1.165, 1.54) is 42.7 Å². The number of hydrogen-bond acceptors (Lipinski definition) is 32. The van der Waals surface area contributed by atoms with E-state index in [1.54, 1.807) is 9.80 Å². The number of carbonyl (C=O) groups is 11. The van der Waals surface area contributed by atoms with Crippen LogP contribution in [0.3, 0.4) is 0 Å². The summed E-state index contributed by atoms with van der Waals surface area (Å²) in [5.74, 6) is -5.06. The first-order valence-electron chi connectivity index (χ1n) is 27.8. The minimum atomic E-state index is -0.981. The molecule has 0 saturated heterocycles. The molecule has 0 amide bonds. The topological polar surface area (TPSA) is 447 Å². The summed E-state index contributed by atoms with van der Waals surface area (Å²) in [5, 5.41) is 61.3. The van der Waals surface area contributed by atoms with Gasteiger partial charge in [-0.1, -0.05) is 46.1 Å². The molecule has 0 aliphatic carbocycles. The Morgan fingerprint density at radius 2 is 0.500 bits per heavy atom. The van der Waals surface area contributed by atoms with Crippen molar-refractivity contribution in [2.45, 2.75) is 25.7 Å². The summed E-state index contributed by atoms with van der Waals surface area (Å²) < 4.78 is 45.8. The number of nitrogens with one attached hydrogen (secondary N) is 1. The van der Waals surface area contributed by atoms with Crippen LogP contribution in [0, 0.1) is 0 Å². The molecule has 0 radical (unpaired) electrons. The van der Waals surface area contributed by atoms with Gasteiger partial charge in [0, 0.05) is 134 Å². The lowest BCUT2D eigenvalue weighted by Gasteiger charge is -2.21. The van der Waals surface area contributed by atoms with Crippen LogP contribution < -0.4 is 5.32 Å². The Hall–Kier alpha value is -8.09. The van der Waals surface area contributed by atoms with E-state index in [9.17, 15) is 52.7 Å². The van der Waals surface area contributed by atoms with Crippen LogP contribution in [0.4, 0.5) is 0 Å². The second-order valence-electron chi connectivity index (χ2n) is 16.2. The Labute approximate surface area is 539 Å². The number of rotatable bonds is 43. The maximum atomic E-state index is 11.1. The molecule has 0 heterocycles. The van der Waals surface area contributed by atoms with Crippen molar-refractivity contribution in [2.24, 2.45) is 0 Å². The minimum Gasteiger partial charge on any atom is -0.478 e. The summed E-state index contributed by atoms with van der Waals surface area (Å²) in [4.78, 5) is 124. The van der Waals surface area contributed by atoms with E-state index in [-0.39, 0.29) is 116 Å². The Morgan fingerprint density at radius 1 is 0.304 bits per heavy atom. The van der Waals surface area contributed by atoms with E-state index >= 15 is 0 Å². The Balaban J connectivity index is -0.000000154. The van der Waals surface area contributed by atoms with Gasteiger partial charge in [0.25, 0.3) is 0 Å². The predicted molar refractivity (Wildman–Crippen MR) is 335 cm³/mol. The lowest BCUT2D eigenvalue weighted by atomic mass is 10.3. The zero-order valence-corrected chi connectivity index (χ0v) is 54.3. The summed E-state index contributed by atoms with van der Waals surface area (Å²) >= 11 is 0. The van der Waals surface area contributed by atoms with Crippen LogP contribution in [0.2, 0.25) is 0 Å². The first kappa shape index (κ1) is 100. The second-order valence-corrected chi connectivity index (χ2v) is 16.2. The molecule has 33 heteroatoms. The number of hydrogen-bond donors (Lipinski definition) is 8. The zero-order valence-electron chi connectivity index (χ0n) is 54.3. The van der Waals surface area contributed by atoms with Gasteiger partial charge in [0.05, 0.1) is 108 Å². The molecule has 33 nitrogen and oxygen atoms in total. The fraction of sp³-hybridized carbons (Fsp3) is 0.576. The van der Waals surface area contributed by atoms with E-state index in [4.69, 9.17) is 54.7 Å². The van der Waals surface area contributed by atoms with Gasteiger partial charge in [0.1, 0.15) is 26.4 Å². The summed E-state index contributed by atoms with van der Waals surface area (Å²) in [6, 6.07) is 0. The van der Waals surface area contributed by atoms with Gasteiger partial charge in [0.2, 0.25) is 0 Å². The van der Waals surface area contributed by atoms with Gasteiger partial charge in [-0.25, -0.2) is 33.6 Å². The number of aliphatic carboxylic acids is 1. The molecule has 0 aliphatic rings. The van der Waals surface area contributed by atoms with E-state index < -0.39 is 41.8 Å². The van der Waals surface area contributed by atoms with Crippen molar-refractivity contribution in [1.82, 2.24) is 24.9 Å². The van der Waals surface area contributed by atoms with Gasteiger partial charge in [-0.05, 0) is 0 Å². The number of carbonyl (C=O) groups excluding carboxylic acids is 10. The smallest absolute Gasteiger partial charge is 0.330 e. The Morgan fingerprint density at radius 3 is 0.630 bits per heavy atom. The number of esters is 10. The quantitative estimate of drug-likeness (QED) is 0.0139. The molecular formula is C59H103N5O28. The largest absolute Gasteiger partial charge is 0.478 e. The van der Waals surface area contributed by atoms with Gasteiger partial charge in [-0.2, -0.15) is 0 Å². The van der Waals surface area contributed by atoms with E-state index in [0.29, 0.717) is 91.6 Å². The van der Waals surface area contributed by atoms with Crippen molar-refractivity contribution in [1.29, 1.82) is 0 Å². The highest BCUT2D eigenvalue weighted by atomic mass is 16.6. The monoisotopic (exact) mass is 1330 g/mol. The van der Waals surface area contributed by atoms with Crippen LogP contribution in [0.5, 0.6) is 0 Å². The molecule has 0 rings (SSSR count). The fourth-order valence-corrected chi connectivity index (χ4v) is 5.10. The van der Waals surface area contributed by atoms with Crippen molar-refractivity contribution >= 4 is 65.7 Å². The number of methoxy groups -OCH3 is 6. The van der Waals surface area contributed by atoms with Crippen LogP contribution in [-0.2, 0) is 100 Å². The van der Waals surface area contributed by atoms with Gasteiger partial charge < -0.3 is 88.4 Å². The maximum Gasteiger partial charge on any atom is 0.330 e. The molecule has 0 aromatic rings. The highest BCUT2D eigenvalue weighted by Gasteiger charge is 2.13. The number of carboxylic acids is 1. The Bertz CT molecular complexity index is 1820. The molecule has 0 unspecified atom stereocenters. The van der Waals surface area contributed by atoms with E-state index in [1.807, 2.05) is 9.80 Å². The molecule has 0 bridgehead atoms. The van der Waals surface area contributed by atoms with Crippen molar-refractivity contribution in [2.75, 3.05) is 200 Å². The van der Waals surface area contributed by atoms with Gasteiger partial charge in [0.15, 0.2) is 0 Å². The molecular weight excluding hydrogens is 1230 g/mol. The van der Waals surface area contributed by atoms with Crippen LogP contribution in [0.1, 0.15) is 25.7 Å². The zero-order chi connectivity index (χ0) is 72.2. The third kappa shape index (κ3) is 88.3. The molecule has 532 valence electrons. The number of aliphatic hydroxyl groups is 6. The SMILES string of the molecule is C=CC(=O)O.C=CC(=O)OC.C=CC(=O)OC.C=CC(=O)OCCN(CCOC(=O)C=C)CCC(=O)OC.C=CC(=O)OCCN(CCOC(=O)C=C)CCC(=O)OC.COC(=O)CCN(CCO)CCO.COC(=O)CCN(CCO)CCO.OCCNCCO. The molecule has 8 N–H and O–H groups in total. The van der Waals surface area contributed by atoms with E-state index in [0.717, 1.165) is 42.5 Å². The molecule has 0 spiro atoms. The molecule has 0 atom stereocenters. The van der Waals surface area contributed by atoms with Gasteiger partial charge in [-0.3, -0.25) is 38.8 Å².